The molecule has 10 nitrogen and oxygen atoms in total. The summed E-state index contributed by atoms with van der Waals surface area (Å²) in [5, 5.41) is 2.60. The molecule has 1 aromatic carbocycles. The van der Waals surface area contributed by atoms with E-state index in [-0.39, 0.29) is 29.2 Å². The highest BCUT2D eigenvalue weighted by molar-refractivity contribution is 5.98. The van der Waals surface area contributed by atoms with Gasteiger partial charge in [0.2, 0.25) is 6.79 Å². The third-order valence-electron chi connectivity index (χ3n) is 6.19. The number of pyridine rings is 1. The number of carbonyl (C=O) groups is 3. The van der Waals surface area contributed by atoms with Crippen LogP contribution in [0.2, 0.25) is 0 Å². The lowest BCUT2D eigenvalue weighted by molar-refractivity contribution is -0.162. The summed E-state index contributed by atoms with van der Waals surface area (Å²) in [5.41, 5.74) is 1.05. The first-order valence-electron chi connectivity index (χ1n) is 13.5. The third-order valence-corrected chi connectivity index (χ3v) is 6.19. The van der Waals surface area contributed by atoms with Crippen LogP contribution in [0.1, 0.15) is 64.0 Å². The zero-order chi connectivity index (χ0) is 29.7. The summed E-state index contributed by atoms with van der Waals surface area (Å²) in [5.74, 6) is -1.23. The van der Waals surface area contributed by atoms with Gasteiger partial charge in [0.1, 0.15) is 12.1 Å². The average Bonchev–Trinajstić information content (AvgIpc) is 2.92. The van der Waals surface area contributed by atoms with Gasteiger partial charge in [-0.3, -0.25) is 9.59 Å². The molecule has 0 saturated carbocycles. The minimum Gasteiger partial charge on any atom is -0.493 e. The predicted octanol–water partition coefficient (Wildman–Crippen LogP) is 4.35. The van der Waals surface area contributed by atoms with Gasteiger partial charge in [-0.25, -0.2) is 9.78 Å². The molecule has 0 spiro atoms. The molecular weight excluding hydrogens is 516 g/mol. The highest BCUT2D eigenvalue weighted by Gasteiger charge is 2.32. The van der Waals surface area contributed by atoms with E-state index in [0.717, 1.165) is 12.8 Å². The number of nitrogens with zero attached hydrogens (tertiary/aromatic N) is 1. The molecule has 0 bridgehead atoms. The topological polar surface area (TPSA) is 122 Å². The van der Waals surface area contributed by atoms with Crippen LogP contribution in [0.25, 0.3) is 0 Å². The van der Waals surface area contributed by atoms with E-state index in [0.29, 0.717) is 12.5 Å². The predicted molar refractivity (Wildman–Crippen MR) is 149 cm³/mol. The fraction of sp³-hybridized carbons (Fsp3) is 0.533. The van der Waals surface area contributed by atoms with Crippen LogP contribution in [-0.2, 0) is 30.2 Å². The Hall–Kier alpha value is -3.66. The average molecular weight is 559 g/mol. The van der Waals surface area contributed by atoms with Crippen LogP contribution in [0, 0.1) is 11.8 Å². The second-order valence-corrected chi connectivity index (χ2v) is 9.98. The van der Waals surface area contributed by atoms with Gasteiger partial charge >= 0.3 is 11.9 Å². The van der Waals surface area contributed by atoms with Crippen LogP contribution in [0.3, 0.4) is 0 Å². The van der Waals surface area contributed by atoms with Crippen molar-refractivity contribution in [3.63, 3.8) is 0 Å². The fourth-order valence-corrected chi connectivity index (χ4v) is 4.11. The van der Waals surface area contributed by atoms with Gasteiger partial charge in [0.05, 0.1) is 13.2 Å². The van der Waals surface area contributed by atoms with Crippen LogP contribution >= 0.6 is 0 Å². The van der Waals surface area contributed by atoms with Gasteiger partial charge in [-0.15, -0.1) is 0 Å². The molecular formula is C30H42N2O8. The molecule has 0 aliphatic heterocycles. The number of aromatic nitrogens is 1. The van der Waals surface area contributed by atoms with Crippen molar-refractivity contribution < 1.29 is 38.1 Å². The maximum absolute atomic E-state index is 13.1. The molecule has 1 amide bonds. The number of methoxy groups -OCH3 is 1. The van der Waals surface area contributed by atoms with Gasteiger partial charge in [0.25, 0.3) is 5.91 Å². The number of ether oxygens (including phenoxy) is 5. The van der Waals surface area contributed by atoms with Gasteiger partial charge in [0.15, 0.2) is 17.2 Å². The summed E-state index contributed by atoms with van der Waals surface area (Å²) in [6, 6.07) is 10.6. The molecule has 1 N–H and O–H groups in total. The molecule has 220 valence electrons. The number of hydrogen-bond donors (Lipinski definition) is 1. The minimum atomic E-state index is -0.996. The lowest BCUT2D eigenvalue weighted by Crippen LogP contribution is -2.45. The quantitative estimate of drug-likeness (QED) is 0.237. The minimum absolute atomic E-state index is 0.0217. The Morgan fingerprint density at radius 1 is 1.02 bits per heavy atom. The SMILES string of the molecule is CC[C@H](Cc1ccccc1)[C@@H](OCC(C)C)[C@H](C)OC(=O)C(C)NC(=O)c1nccc(OC)c1OCOC(C)=O. The van der Waals surface area contributed by atoms with E-state index in [1.54, 1.807) is 0 Å². The fourth-order valence-electron chi connectivity index (χ4n) is 4.11. The van der Waals surface area contributed by atoms with Crippen molar-refractivity contribution in [3.8, 4) is 11.5 Å². The van der Waals surface area contributed by atoms with E-state index in [2.05, 4.69) is 43.2 Å². The van der Waals surface area contributed by atoms with Gasteiger partial charge in [-0.05, 0) is 37.7 Å². The summed E-state index contributed by atoms with van der Waals surface area (Å²) < 4.78 is 27.6. The third kappa shape index (κ3) is 10.1. The van der Waals surface area contributed by atoms with Crippen molar-refractivity contribution in [2.75, 3.05) is 20.5 Å². The molecule has 0 radical (unpaired) electrons. The van der Waals surface area contributed by atoms with Crippen molar-refractivity contribution >= 4 is 17.8 Å². The van der Waals surface area contributed by atoms with Crippen molar-refractivity contribution in [1.29, 1.82) is 0 Å². The molecule has 10 heteroatoms. The van der Waals surface area contributed by atoms with Gasteiger partial charge in [0, 0.05) is 25.8 Å². The van der Waals surface area contributed by atoms with Crippen LogP contribution in [0.4, 0.5) is 0 Å². The zero-order valence-corrected chi connectivity index (χ0v) is 24.5. The first kappa shape index (κ1) is 32.6. The zero-order valence-electron chi connectivity index (χ0n) is 24.5. The normalized spacial score (nSPS) is 14.0. The van der Waals surface area contributed by atoms with Gasteiger partial charge in [-0.1, -0.05) is 57.5 Å². The first-order chi connectivity index (χ1) is 19.1. The summed E-state index contributed by atoms with van der Waals surface area (Å²) >= 11 is 0. The van der Waals surface area contributed by atoms with Crippen LogP contribution in [-0.4, -0.2) is 61.6 Å². The lowest BCUT2D eigenvalue weighted by Gasteiger charge is -2.32. The van der Waals surface area contributed by atoms with E-state index in [1.807, 2.05) is 25.1 Å². The monoisotopic (exact) mass is 558 g/mol. The van der Waals surface area contributed by atoms with E-state index >= 15 is 0 Å². The molecule has 40 heavy (non-hydrogen) atoms. The van der Waals surface area contributed by atoms with Crippen molar-refractivity contribution in [2.24, 2.45) is 11.8 Å². The molecule has 0 aliphatic carbocycles. The lowest BCUT2D eigenvalue weighted by atomic mass is 9.89. The number of benzene rings is 1. The molecule has 1 unspecified atom stereocenters. The summed E-state index contributed by atoms with van der Waals surface area (Å²) in [7, 11) is 1.40. The molecule has 0 fully saturated rings. The summed E-state index contributed by atoms with van der Waals surface area (Å²) in [6.45, 7) is 10.9. The van der Waals surface area contributed by atoms with Crippen LogP contribution < -0.4 is 14.8 Å². The maximum Gasteiger partial charge on any atom is 0.328 e. The number of nitrogens with one attached hydrogen (secondary N) is 1. The number of rotatable bonds is 16. The van der Waals surface area contributed by atoms with E-state index in [4.69, 9.17) is 23.7 Å². The number of hydrogen-bond acceptors (Lipinski definition) is 9. The van der Waals surface area contributed by atoms with Crippen LogP contribution in [0.15, 0.2) is 42.6 Å². The largest absolute Gasteiger partial charge is 0.493 e. The Balaban J connectivity index is 2.12. The van der Waals surface area contributed by atoms with Crippen molar-refractivity contribution in [2.45, 2.75) is 72.6 Å². The number of amides is 1. The van der Waals surface area contributed by atoms with E-state index < -0.39 is 36.8 Å². The second-order valence-electron chi connectivity index (χ2n) is 9.98. The van der Waals surface area contributed by atoms with Gasteiger partial charge in [-0.2, -0.15) is 0 Å². The standard InChI is InChI=1S/C30H42N2O8/c1-8-24(16-23-12-10-9-11-13-23)27(37-17-19(2)3)21(5)40-30(35)20(4)32-29(34)26-28(39-18-38-22(6)33)25(36-7)14-15-31-26/h9-15,19-21,24,27H,8,16-18H2,1-7H3,(H,32,34)/t20?,21-,24+,27-/m0/s1. The molecule has 0 aliphatic rings. The van der Waals surface area contributed by atoms with Crippen LogP contribution in [0.5, 0.6) is 11.5 Å². The Morgan fingerprint density at radius 3 is 2.33 bits per heavy atom. The Labute approximate surface area is 236 Å². The second kappa shape index (κ2) is 16.4. The smallest absolute Gasteiger partial charge is 0.328 e. The molecule has 4 atom stereocenters. The number of esters is 2. The Bertz CT molecular complexity index is 1090. The first-order valence-corrected chi connectivity index (χ1v) is 13.5. The van der Waals surface area contributed by atoms with E-state index in [1.165, 1.54) is 38.8 Å². The summed E-state index contributed by atoms with van der Waals surface area (Å²) in [6.07, 6.45) is 2.10. The molecule has 1 aromatic heterocycles. The molecule has 1 heterocycles. The Kier molecular flexibility index (Phi) is 13.4. The van der Waals surface area contributed by atoms with E-state index in [9.17, 15) is 14.4 Å². The van der Waals surface area contributed by atoms with Crippen molar-refractivity contribution in [1.82, 2.24) is 10.3 Å². The Morgan fingerprint density at radius 2 is 1.73 bits per heavy atom. The maximum atomic E-state index is 13.1. The molecule has 2 aromatic rings. The highest BCUT2D eigenvalue weighted by atomic mass is 16.7. The number of carbonyl (C=O) groups excluding carboxylic acids is 3. The summed E-state index contributed by atoms with van der Waals surface area (Å²) in [4.78, 5) is 41.3. The molecule has 0 saturated heterocycles. The highest BCUT2D eigenvalue weighted by Crippen LogP contribution is 2.30. The van der Waals surface area contributed by atoms with Gasteiger partial charge < -0.3 is 29.0 Å². The van der Waals surface area contributed by atoms with Crippen molar-refractivity contribution in [3.05, 3.63) is 53.9 Å². The molecule has 2 rings (SSSR count).